The summed E-state index contributed by atoms with van der Waals surface area (Å²) in [7, 11) is 0. The lowest BCUT2D eigenvalue weighted by Crippen LogP contribution is -2.53. The summed E-state index contributed by atoms with van der Waals surface area (Å²) in [6.07, 6.45) is 3.89. The zero-order valence-electron chi connectivity index (χ0n) is 11.5. The van der Waals surface area contributed by atoms with Gasteiger partial charge in [0, 0.05) is 8.95 Å². The summed E-state index contributed by atoms with van der Waals surface area (Å²) in [6.45, 7) is 2.17. The summed E-state index contributed by atoms with van der Waals surface area (Å²) in [4.78, 5) is 12.4. The van der Waals surface area contributed by atoms with Crippen LogP contribution in [0, 0.1) is 5.92 Å². The molecule has 0 radical (unpaired) electrons. The second kappa shape index (κ2) is 6.58. The SMILES string of the molecule is CC1CCCC(CO)(NC(=O)c2ccc(Br)cc2Br)C1. The van der Waals surface area contributed by atoms with Crippen LogP contribution in [0.25, 0.3) is 0 Å². The maximum absolute atomic E-state index is 12.4. The first kappa shape index (κ1) is 16.0. The van der Waals surface area contributed by atoms with Crippen LogP contribution in [0.4, 0.5) is 0 Å². The minimum Gasteiger partial charge on any atom is -0.394 e. The van der Waals surface area contributed by atoms with E-state index in [1.807, 2.05) is 12.1 Å². The van der Waals surface area contributed by atoms with E-state index in [2.05, 4.69) is 44.1 Å². The van der Waals surface area contributed by atoms with E-state index >= 15 is 0 Å². The van der Waals surface area contributed by atoms with Gasteiger partial charge in [0.15, 0.2) is 0 Å². The fourth-order valence-electron chi connectivity index (χ4n) is 2.94. The summed E-state index contributed by atoms with van der Waals surface area (Å²) in [5.41, 5.74) is 0.126. The van der Waals surface area contributed by atoms with Crippen molar-refractivity contribution in [3.8, 4) is 0 Å². The molecule has 110 valence electrons. The average molecular weight is 405 g/mol. The van der Waals surface area contributed by atoms with Gasteiger partial charge in [-0.2, -0.15) is 0 Å². The predicted octanol–water partition coefficient (Wildman–Crippen LogP) is 3.88. The van der Waals surface area contributed by atoms with Gasteiger partial charge >= 0.3 is 0 Å². The fourth-order valence-corrected chi connectivity index (χ4v) is 4.17. The highest BCUT2D eigenvalue weighted by Gasteiger charge is 2.36. The maximum atomic E-state index is 12.4. The lowest BCUT2D eigenvalue weighted by Gasteiger charge is -2.39. The number of hydrogen-bond donors (Lipinski definition) is 2. The van der Waals surface area contributed by atoms with Crippen LogP contribution in [0.3, 0.4) is 0 Å². The molecule has 1 fully saturated rings. The molecule has 2 rings (SSSR count). The van der Waals surface area contributed by atoms with E-state index in [-0.39, 0.29) is 12.5 Å². The molecule has 0 aromatic heterocycles. The number of halogens is 2. The normalized spacial score (nSPS) is 26.3. The van der Waals surface area contributed by atoms with Crippen LogP contribution in [-0.4, -0.2) is 23.2 Å². The van der Waals surface area contributed by atoms with Crippen LogP contribution in [-0.2, 0) is 0 Å². The van der Waals surface area contributed by atoms with Crippen molar-refractivity contribution in [1.29, 1.82) is 0 Å². The summed E-state index contributed by atoms with van der Waals surface area (Å²) >= 11 is 6.78. The zero-order chi connectivity index (χ0) is 14.8. The standard InChI is InChI=1S/C15H19Br2NO2/c1-10-3-2-6-15(8-10,9-19)18-14(20)12-5-4-11(16)7-13(12)17/h4-5,7,10,19H,2-3,6,8-9H2,1H3,(H,18,20). The minimum atomic E-state index is -0.471. The summed E-state index contributed by atoms with van der Waals surface area (Å²) in [5.74, 6) is 0.400. The van der Waals surface area contributed by atoms with Crippen molar-refractivity contribution in [3.63, 3.8) is 0 Å². The molecule has 0 aliphatic heterocycles. The van der Waals surface area contributed by atoms with Gasteiger partial charge in [-0.3, -0.25) is 4.79 Å². The topological polar surface area (TPSA) is 49.3 Å². The highest BCUT2D eigenvalue weighted by Crippen LogP contribution is 2.32. The summed E-state index contributed by atoms with van der Waals surface area (Å²) in [5, 5.41) is 12.8. The van der Waals surface area contributed by atoms with Crippen LogP contribution < -0.4 is 5.32 Å². The third kappa shape index (κ3) is 3.62. The number of benzene rings is 1. The quantitative estimate of drug-likeness (QED) is 0.802. The van der Waals surface area contributed by atoms with Gasteiger partial charge in [-0.15, -0.1) is 0 Å². The average Bonchev–Trinajstić information content (AvgIpc) is 2.38. The number of carbonyl (C=O) groups excluding carboxylic acids is 1. The number of hydrogen-bond acceptors (Lipinski definition) is 2. The Morgan fingerprint density at radius 1 is 1.50 bits per heavy atom. The van der Waals surface area contributed by atoms with E-state index < -0.39 is 5.54 Å². The molecule has 20 heavy (non-hydrogen) atoms. The molecule has 1 aromatic carbocycles. The number of rotatable bonds is 3. The van der Waals surface area contributed by atoms with Crippen LogP contribution in [0.5, 0.6) is 0 Å². The van der Waals surface area contributed by atoms with Crippen molar-refractivity contribution in [1.82, 2.24) is 5.32 Å². The Labute approximate surface area is 136 Å². The van der Waals surface area contributed by atoms with Gasteiger partial charge in [0.25, 0.3) is 5.91 Å². The third-order valence-electron chi connectivity index (χ3n) is 3.95. The Hall–Kier alpha value is -0.390. The molecule has 1 saturated carbocycles. The molecular formula is C15H19Br2NO2. The Bertz CT molecular complexity index is 507. The second-order valence-electron chi connectivity index (χ2n) is 5.72. The first-order valence-electron chi connectivity index (χ1n) is 6.84. The third-order valence-corrected chi connectivity index (χ3v) is 5.10. The van der Waals surface area contributed by atoms with Gasteiger partial charge in [-0.25, -0.2) is 0 Å². The highest BCUT2D eigenvalue weighted by molar-refractivity contribution is 9.11. The van der Waals surface area contributed by atoms with Gasteiger partial charge in [-0.1, -0.05) is 35.7 Å². The van der Waals surface area contributed by atoms with Gasteiger partial charge in [0.05, 0.1) is 17.7 Å². The Kier molecular flexibility index (Phi) is 5.26. The number of aliphatic hydroxyl groups excluding tert-OH is 1. The number of carbonyl (C=O) groups is 1. The van der Waals surface area contributed by atoms with Crippen molar-refractivity contribution in [2.45, 2.75) is 38.1 Å². The number of nitrogens with one attached hydrogen (secondary N) is 1. The smallest absolute Gasteiger partial charge is 0.252 e. The maximum Gasteiger partial charge on any atom is 0.252 e. The molecule has 1 aliphatic carbocycles. The Morgan fingerprint density at radius 2 is 2.25 bits per heavy atom. The molecule has 2 unspecified atom stereocenters. The molecule has 1 aromatic rings. The van der Waals surface area contributed by atoms with Crippen molar-refractivity contribution in [3.05, 3.63) is 32.7 Å². The first-order valence-corrected chi connectivity index (χ1v) is 8.43. The molecule has 0 heterocycles. The Balaban J connectivity index is 2.16. The summed E-state index contributed by atoms with van der Waals surface area (Å²) in [6, 6.07) is 5.47. The number of amides is 1. The molecule has 3 nitrogen and oxygen atoms in total. The Morgan fingerprint density at radius 3 is 2.85 bits per heavy atom. The van der Waals surface area contributed by atoms with Crippen molar-refractivity contribution in [2.75, 3.05) is 6.61 Å². The van der Waals surface area contributed by atoms with Crippen LogP contribution in [0.15, 0.2) is 27.1 Å². The van der Waals surface area contributed by atoms with E-state index in [1.54, 1.807) is 6.07 Å². The molecular weight excluding hydrogens is 386 g/mol. The van der Waals surface area contributed by atoms with Gasteiger partial charge < -0.3 is 10.4 Å². The molecule has 1 amide bonds. The first-order chi connectivity index (χ1) is 9.46. The van der Waals surface area contributed by atoms with Crippen molar-refractivity contribution >= 4 is 37.8 Å². The van der Waals surface area contributed by atoms with E-state index in [0.717, 1.165) is 28.2 Å². The molecule has 1 aliphatic rings. The molecule has 2 N–H and O–H groups in total. The van der Waals surface area contributed by atoms with Crippen molar-refractivity contribution in [2.24, 2.45) is 5.92 Å². The van der Waals surface area contributed by atoms with Crippen LogP contribution in [0.2, 0.25) is 0 Å². The van der Waals surface area contributed by atoms with Gasteiger partial charge in [-0.05, 0) is 52.9 Å². The lowest BCUT2D eigenvalue weighted by atomic mass is 9.76. The number of aliphatic hydroxyl groups is 1. The monoisotopic (exact) mass is 403 g/mol. The van der Waals surface area contributed by atoms with E-state index in [9.17, 15) is 9.90 Å². The predicted molar refractivity (Wildman–Crippen MR) is 86.8 cm³/mol. The lowest BCUT2D eigenvalue weighted by molar-refractivity contribution is 0.0696. The van der Waals surface area contributed by atoms with Gasteiger partial charge in [0.2, 0.25) is 0 Å². The molecule has 0 saturated heterocycles. The molecule has 2 atom stereocenters. The van der Waals surface area contributed by atoms with Crippen LogP contribution >= 0.6 is 31.9 Å². The van der Waals surface area contributed by atoms with Gasteiger partial charge in [0.1, 0.15) is 0 Å². The van der Waals surface area contributed by atoms with E-state index in [4.69, 9.17) is 0 Å². The zero-order valence-corrected chi connectivity index (χ0v) is 14.6. The minimum absolute atomic E-state index is 0.00275. The van der Waals surface area contributed by atoms with Crippen LogP contribution in [0.1, 0.15) is 43.0 Å². The van der Waals surface area contributed by atoms with E-state index in [1.165, 1.54) is 6.42 Å². The highest BCUT2D eigenvalue weighted by atomic mass is 79.9. The largest absolute Gasteiger partial charge is 0.394 e. The molecule has 5 heteroatoms. The molecule has 0 bridgehead atoms. The van der Waals surface area contributed by atoms with Crippen molar-refractivity contribution < 1.29 is 9.90 Å². The summed E-state index contributed by atoms with van der Waals surface area (Å²) < 4.78 is 1.67. The second-order valence-corrected chi connectivity index (χ2v) is 7.49. The van der Waals surface area contributed by atoms with E-state index in [0.29, 0.717) is 11.5 Å². The fraction of sp³-hybridized carbons (Fsp3) is 0.533. The molecule has 0 spiro atoms.